The van der Waals surface area contributed by atoms with Crippen molar-refractivity contribution >= 4 is 35.8 Å². The second-order valence-electron chi connectivity index (χ2n) is 3.12. The average molecular weight is 308 g/mol. The zero-order valence-corrected chi connectivity index (χ0v) is 11.2. The minimum Gasteiger partial charge on any atom is -0.229 e. The fraction of sp³-hybridized carbons (Fsp3) is 1.00. The smallest absolute Gasteiger partial charge is 0.212 e. The largest absolute Gasteiger partial charge is 0.229 e. The van der Waals surface area contributed by atoms with Crippen LogP contribution < -0.4 is 4.72 Å². The summed E-state index contributed by atoms with van der Waals surface area (Å²) in [5, 5.41) is 0.491. The highest BCUT2D eigenvalue weighted by Crippen LogP contribution is 1.95. The predicted molar refractivity (Wildman–Crippen MR) is 59.9 cm³/mol. The van der Waals surface area contributed by atoms with Gasteiger partial charge in [-0.2, -0.15) is 0 Å². The van der Waals surface area contributed by atoms with Gasteiger partial charge in [0.05, 0.1) is 11.5 Å². The Labute approximate surface area is 93.4 Å². The molecular formula is C6H14BrNO4S2. The van der Waals surface area contributed by atoms with Crippen LogP contribution >= 0.6 is 15.9 Å². The van der Waals surface area contributed by atoms with Crippen molar-refractivity contribution in [2.75, 3.05) is 23.1 Å². The van der Waals surface area contributed by atoms with Gasteiger partial charge >= 0.3 is 0 Å². The summed E-state index contributed by atoms with van der Waals surface area (Å²) in [6, 6.07) is -0.237. The van der Waals surface area contributed by atoms with E-state index in [0.717, 1.165) is 6.26 Å². The van der Waals surface area contributed by atoms with Crippen LogP contribution in [0.4, 0.5) is 0 Å². The summed E-state index contributed by atoms with van der Waals surface area (Å²) in [6.45, 7) is 1.69. The molecule has 0 aliphatic heterocycles. The molecule has 0 aliphatic rings. The maximum absolute atomic E-state index is 11.3. The van der Waals surface area contributed by atoms with E-state index < -0.39 is 19.9 Å². The molecule has 0 rings (SSSR count). The lowest BCUT2D eigenvalue weighted by molar-refractivity contribution is 0.570. The SMILES string of the molecule is CC(CBr)NS(=O)(=O)CCS(C)(=O)=O. The van der Waals surface area contributed by atoms with E-state index in [4.69, 9.17) is 0 Å². The van der Waals surface area contributed by atoms with Crippen LogP contribution in [0.25, 0.3) is 0 Å². The van der Waals surface area contributed by atoms with E-state index >= 15 is 0 Å². The van der Waals surface area contributed by atoms with Gasteiger partial charge in [0.2, 0.25) is 10.0 Å². The fourth-order valence-corrected chi connectivity index (χ4v) is 3.94. The first-order valence-corrected chi connectivity index (χ1v) is 8.73. The number of halogens is 1. The molecule has 86 valence electrons. The van der Waals surface area contributed by atoms with Crippen LogP contribution in [0.5, 0.6) is 0 Å². The van der Waals surface area contributed by atoms with Gasteiger partial charge in [0.15, 0.2) is 0 Å². The lowest BCUT2D eigenvalue weighted by Crippen LogP contribution is -2.36. The highest BCUT2D eigenvalue weighted by Gasteiger charge is 2.16. The molecule has 1 N–H and O–H groups in total. The second-order valence-corrected chi connectivity index (χ2v) is 7.90. The third-order valence-corrected chi connectivity index (χ3v) is 5.01. The van der Waals surface area contributed by atoms with Crippen LogP contribution in [-0.2, 0) is 19.9 Å². The molecule has 5 nitrogen and oxygen atoms in total. The quantitative estimate of drug-likeness (QED) is 0.685. The Bertz CT molecular complexity index is 361. The summed E-state index contributed by atoms with van der Waals surface area (Å²) in [5.41, 5.74) is 0. The van der Waals surface area contributed by atoms with E-state index in [1.165, 1.54) is 0 Å². The van der Waals surface area contributed by atoms with Crippen LogP contribution in [0.1, 0.15) is 6.92 Å². The van der Waals surface area contributed by atoms with Crippen molar-refractivity contribution in [3.8, 4) is 0 Å². The molecule has 1 atom stereocenters. The van der Waals surface area contributed by atoms with Crippen molar-refractivity contribution in [2.45, 2.75) is 13.0 Å². The lowest BCUT2D eigenvalue weighted by Gasteiger charge is -2.10. The molecule has 0 aromatic rings. The first-order chi connectivity index (χ1) is 6.16. The summed E-state index contributed by atoms with van der Waals surface area (Å²) >= 11 is 3.11. The number of sulfonamides is 1. The zero-order valence-electron chi connectivity index (χ0n) is 8.03. The summed E-state index contributed by atoms with van der Waals surface area (Å²) in [7, 11) is -6.72. The number of hydrogen-bond donors (Lipinski definition) is 1. The maximum atomic E-state index is 11.3. The number of alkyl halides is 1. The summed E-state index contributed by atoms with van der Waals surface area (Å²) < 4.78 is 46.3. The van der Waals surface area contributed by atoms with Crippen molar-refractivity contribution in [1.29, 1.82) is 0 Å². The Morgan fingerprint density at radius 1 is 1.21 bits per heavy atom. The van der Waals surface area contributed by atoms with Gasteiger partial charge in [-0.25, -0.2) is 21.6 Å². The number of hydrogen-bond acceptors (Lipinski definition) is 4. The molecule has 0 bridgehead atoms. The van der Waals surface area contributed by atoms with Gasteiger partial charge in [0.1, 0.15) is 9.84 Å². The minimum absolute atomic E-state index is 0.237. The predicted octanol–water partition coefficient (Wildman–Crippen LogP) is -0.266. The van der Waals surface area contributed by atoms with Crippen LogP contribution in [-0.4, -0.2) is 46.0 Å². The van der Waals surface area contributed by atoms with Gasteiger partial charge in [0.25, 0.3) is 0 Å². The molecule has 1 unspecified atom stereocenters. The molecule has 0 aromatic heterocycles. The van der Waals surface area contributed by atoms with Gasteiger partial charge in [-0.05, 0) is 6.92 Å². The Morgan fingerprint density at radius 3 is 2.07 bits per heavy atom. The number of rotatable bonds is 6. The Hall–Kier alpha value is 0.340. The van der Waals surface area contributed by atoms with Crippen molar-refractivity contribution in [3.63, 3.8) is 0 Å². The molecule has 0 heterocycles. The topological polar surface area (TPSA) is 80.3 Å². The fourth-order valence-electron chi connectivity index (χ4n) is 0.658. The lowest BCUT2D eigenvalue weighted by atomic mass is 10.4. The van der Waals surface area contributed by atoms with E-state index in [9.17, 15) is 16.8 Å². The summed E-state index contributed by atoms with van der Waals surface area (Å²) in [6.07, 6.45) is 1.01. The molecule has 8 heteroatoms. The van der Waals surface area contributed by atoms with E-state index in [1.807, 2.05) is 0 Å². The van der Waals surface area contributed by atoms with E-state index in [-0.39, 0.29) is 17.5 Å². The second kappa shape index (κ2) is 5.43. The molecule has 0 amide bonds. The molecule has 0 spiro atoms. The third-order valence-electron chi connectivity index (χ3n) is 1.34. The minimum atomic E-state index is -3.49. The average Bonchev–Trinajstić information content (AvgIpc) is 1.99. The Kier molecular flexibility index (Phi) is 5.56. The number of nitrogens with one attached hydrogen (secondary N) is 1. The van der Waals surface area contributed by atoms with Gasteiger partial charge in [-0.15, -0.1) is 0 Å². The van der Waals surface area contributed by atoms with Crippen LogP contribution in [0.15, 0.2) is 0 Å². The molecular weight excluding hydrogens is 294 g/mol. The molecule has 0 saturated heterocycles. The van der Waals surface area contributed by atoms with Gasteiger partial charge in [-0.1, -0.05) is 15.9 Å². The Morgan fingerprint density at radius 2 is 1.71 bits per heavy atom. The van der Waals surface area contributed by atoms with Gasteiger partial charge in [0, 0.05) is 17.6 Å². The molecule has 0 radical (unpaired) electrons. The highest BCUT2D eigenvalue weighted by atomic mass is 79.9. The third kappa shape index (κ3) is 7.72. The van der Waals surface area contributed by atoms with E-state index in [1.54, 1.807) is 6.92 Å². The standard InChI is InChI=1S/C6H14BrNO4S2/c1-6(5-7)8-14(11,12)4-3-13(2,9)10/h6,8H,3-5H2,1-2H3. The van der Waals surface area contributed by atoms with Gasteiger partial charge < -0.3 is 0 Å². The van der Waals surface area contributed by atoms with Crippen LogP contribution in [0.2, 0.25) is 0 Å². The molecule has 0 fully saturated rings. The van der Waals surface area contributed by atoms with Gasteiger partial charge in [-0.3, -0.25) is 0 Å². The Balaban J connectivity index is 4.24. The van der Waals surface area contributed by atoms with E-state index in [2.05, 4.69) is 20.7 Å². The van der Waals surface area contributed by atoms with Crippen molar-refractivity contribution < 1.29 is 16.8 Å². The monoisotopic (exact) mass is 307 g/mol. The van der Waals surface area contributed by atoms with Crippen molar-refractivity contribution in [1.82, 2.24) is 4.72 Å². The normalized spacial score (nSPS) is 15.4. The molecule has 0 aromatic carbocycles. The van der Waals surface area contributed by atoms with Crippen LogP contribution in [0, 0.1) is 0 Å². The van der Waals surface area contributed by atoms with Crippen molar-refractivity contribution in [3.05, 3.63) is 0 Å². The zero-order chi connectivity index (χ0) is 11.4. The highest BCUT2D eigenvalue weighted by molar-refractivity contribution is 9.09. The van der Waals surface area contributed by atoms with E-state index in [0.29, 0.717) is 5.33 Å². The maximum Gasteiger partial charge on any atom is 0.212 e. The first-order valence-electron chi connectivity index (χ1n) is 3.90. The molecule has 0 saturated carbocycles. The molecule has 0 aliphatic carbocycles. The molecule has 14 heavy (non-hydrogen) atoms. The van der Waals surface area contributed by atoms with Crippen LogP contribution in [0.3, 0.4) is 0 Å². The summed E-state index contributed by atoms with van der Waals surface area (Å²) in [4.78, 5) is 0. The summed E-state index contributed by atoms with van der Waals surface area (Å²) in [5.74, 6) is -0.736. The van der Waals surface area contributed by atoms with Crippen molar-refractivity contribution in [2.24, 2.45) is 0 Å². The number of sulfone groups is 1. The first kappa shape index (κ1) is 14.3.